The topological polar surface area (TPSA) is 18.5 Å². The lowest BCUT2D eigenvalue weighted by atomic mass is 10.0. The standard InChI is InChI=1S/C25H18O2/c1-3-11-19(12-4-1)26-25(27-20-13-5-2-6-14-20)23-17-9-7-15-21(23)22-16-8-10-18-24(22)25/h1-18H. The van der Waals surface area contributed by atoms with Gasteiger partial charge in [0.2, 0.25) is 0 Å². The van der Waals surface area contributed by atoms with E-state index in [9.17, 15) is 0 Å². The maximum absolute atomic E-state index is 6.60. The van der Waals surface area contributed by atoms with Crippen LogP contribution < -0.4 is 9.47 Å². The summed E-state index contributed by atoms with van der Waals surface area (Å²) in [5.74, 6) is 0.496. The molecule has 0 N–H and O–H groups in total. The molecule has 0 bridgehead atoms. The van der Waals surface area contributed by atoms with Gasteiger partial charge < -0.3 is 9.47 Å². The number of rotatable bonds is 4. The van der Waals surface area contributed by atoms with E-state index >= 15 is 0 Å². The monoisotopic (exact) mass is 350 g/mol. The van der Waals surface area contributed by atoms with Gasteiger partial charge in [-0.2, -0.15) is 0 Å². The third-order valence-corrected chi connectivity index (χ3v) is 4.86. The smallest absolute Gasteiger partial charge is 0.306 e. The molecule has 1 aliphatic rings. The quantitative estimate of drug-likeness (QED) is 0.419. The van der Waals surface area contributed by atoms with Gasteiger partial charge in [-0.1, -0.05) is 84.9 Å². The van der Waals surface area contributed by atoms with E-state index in [-0.39, 0.29) is 0 Å². The van der Waals surface area contributed by atoms with Gasteiger partial charge in [0.1, 0.15) is 11.5 Å². The molecule has 0 fully saturated rings. The average Bonchev–Trinajstić information content (AvgIpc) is 3.00. The highest BCUT2D eigenvalue weighted by molar-refractivity contribution is 5.79. The first kappa shape index (κ1) is 15.7. The molecule has 1 aliphatic carbocycles. The SMILES string of the molecule is c1ccc(OC2(Oc3ccccc3)c3ccccc3-c3ccccc32)cc1. The van der Waals surface area contributed by atoms with Gasteiger partial charge in [-0.3, -0.25) is 0 Å². The minimum Gasteiger partial charge on any atom is -0.444 e. The van der Waals surface area contributed by atoms with Crippen LogP contribution in [0.4, 0.5) is 0 Å². The third kappa shape index (κ3) is 2.58. The molecule has 0 saturated heterocycles. The van der Waals surface area contributed by atoms with Gasteiger partial charge >= 0.3 is 5.79 Å². The molecule has 0 spiro atoms. The zero-order valence-corrected chi connectivity index (χ0v) is 14.7. The second-order valence-corrected chi connectivity index (χ2v) is 6.54. The molecule has 5 rings (SSSR count). The van der Waals surface area contributed by atoms with Crippen LogP contribution in [0.15, 0.2) is 109 Å². The Labute approximate surface area is 158 Å². The van der Waals surface area contributed by atoms with Crippen molar-refractivity contribution < 1.29 is 9.47 Å². The number of benzene rings is 4. The summed E-state index contributed by atoms with van der Waals surface area (Å²) in [5.41, 5.74) is 4.30. The number of hydrogen-bond acceptors (Lipinski definition) is 2. The fourth-order valence-corrected chi connectivity index (χ4v) is 3.70. The zero-order valence-electron chi connectivity index (χ0n) is 14.7. The summed E-state index contributed by atoms with van der Waals surface area (Å²) in [7, 11) is 0. The van der Waals surface area contributed by atoms with Crippen LogP contribution in [0.1, 0.15) is 11.1 Å². The number of ether oxygens (including phenoxy) is 2. The van der Waals surface area contributed by atoms with E-state index in [0.717, 1.165) is 33.8 Å². The van der Waals surface area contributed by atoms with Crippen molar-refractivity contribution in [2.24, 2.45) is 0 Å². The maximum atomic E-state index is 6.60. The molecule has 2 heteroatoms. The molecule has 130 valence electrons. The Kier molecular flexibility index (Phi) is 3.68. The van der Waals surface area contributed by atoms with Crippen molar-refractivity contribution in [3.8, 4) is 22.6 Å². The highest BCUT2D eigenvalue weighted by Crippen LogP contribution is 2.50. The van der Waals surface area contributed by atoms with Crippen molar-refractivity contribution in [2.45, 2.75) is 5.79 Å². The van der Waals surface area contributed by atoms with Crippen molar-refractivity contribution >= 4 is 0 Å². The van der Waals surface area contributed by atoms with E-state index in [1.165, 1.54) is 0 Å². The van der Waals surface area contributed by atoms with Gasteiger partial charge in [0.05, 0.1) is 0 Å². The first-order valence-corrected chi connectivity index (χ1v) is 9.04. The van der Waals surface area contributed by atoms with Crippen molar-refractivity contribution in [2.75, 3.05) is 0 Å². The molecule has 4 aromatic rings. The lowest BCUT2D eigenvalue weighted by Gasteiger charge is -2.33. The third-order valence-electron chi connectivity index (χ3n) is 4.86. The minimum absolute atomic E-state index is 0.764. The highest BCUT2D eigenvalue weighted by Gasteiger charge is 2.48. The van der Waals surface area contributed by atoms with Crippen LogP contribution in [0.3, 0.4) is 0 Å². The molecule has 0 radical (unpaired) electrons. The van der Waals surface area contributed by atoms with E-state index in [0.29, 0.717) is 0 Å². The number of fused-ring (bicyclic) bond motifs is 3. The lowest BCUT2D eigenvalue weighted by molar-refractivity contribution is -0.0806. The van der Waals surface area contributed by atoms with Crippen molar-refractivity contribution in [1.82, 2.24) is 0 Å². The van der Waals surface area contributed by atoms with Gasteiger partial charge in [-0.15, -0.1) is 0 Å². The number of hydrogen-bond donors (Lipinski definition) is 0. The summed E-state index contributed by atoms with van der Waals surface area (Å²) in [6.07, 6.45) is 0. The predicted octanol–water partition coefficient (Wildman–Crippen LogP) is 6.03. The average molecular weight is 350 g/mol. The Hall–Kier alpha value is -3.52. The van der Waals surface area contributed by atoms with Gasteiger partial charge in [-0.05, 0) is 35.4 Å². The molecule has 0 amide bonds. The van der Waals surface area contributed by atoms with Crippen molar-refractivity contribution in [3.05, 3.63) is 120 Å². The molecule has 4 aromatic carbocycles. The maximum Gasteiger partial charge on any atom is 0.306 e. The summed E-state index contributed by atoms with van der Waals surface area (Å²) >= 11 is 0. The normalized spacial score (nSPS) is 13.5. The zero-order chi connectivity index (χ0) is 18.1. The Morgan fingerprint density at radius 2 is 0.778 bits per heavy atom. The van der Waals surface area contributed by atoms with Crippen LogP contribution >= 0.6 is 0 Å². The van der Waals surface area contributed by atoms with Gasteiger partial charge in [0, 0.05) is 11.1 Å². The largest absolute Gasteiger partial charge is 0.444 e. The molecule has 27 heavy (non-hydrogen) atoms. The molecule has 0 unspecified atom stereocenters. The van der Waals surface area contributed by atoms with Crippen LogP contribution in [0.5, 0.6) is 11.5 Å². The fraction of sp³-hybridized carbons (Fsp3) is 0.0400. The second kappa shape index (κ2) is 6.33. The van der Waals surface area contributed by atoms with E-state index in [4.69, 9.17) is 9.47 Å². The molecular weight excluding hydrogens is 332 g/mol. The minimum atomic E-state index is -1.03. The molecule has 0 saturated carbocycles. The summed E-state index contributed by atoms with van der Waals surface area (Å²) in [6, 6.07) is 36.3. The van der Waals surface area contributed by atoms with Crippen LogP contribution in [-0.4, -0.2) is 0 Å². The first-order valence-electron chi connectivity index (χ1n) is 9.04. The van der Waals surface area contributed by atoms with Gasteiger partial charge in [0.15, 0.2) is 0 Å². The van der Waals surface area contributed by atoms with E-state index in [1.54, 1.807) is 0 Å². The summed E-state index contributed by atoms with van der Waals surface area (Å²) < 4.78 is 13.2. The predicted molar refractivity (Wildman–Crippen MR) is 107 cm³/mol. The van der Waals surface area contributed by atoms with Crippen LogP contribution in [0.2, 0.25) is 0 Å². The summed E-state index contributed by atoms with van der Waals surface area (Å²) in [4.78, 5) is 0. The summed E-state index contributed by atoms with van der Waals surface area (Å²) in [5, 5.41) is 0. The fourth-order valence-electron chi connectivity index (χ4n) is 3.70. The molecule has 0 atom stereocenters. The van der Waals surface area contributed by atoms with Crippen molar-refractivity contribution in [1.29, 1.82) is 0 Å². The van der Waals surface area contributed by atoms with Crippen LogP contribution in [0.25, 0.3) is 11.1 Å². The van der Waals surface area contributed by atoms with Crippen LogP contribution in [-0.2, 0) is 5.79 Å². The summed E-state index contributed by atoms with van der Waals surface area (Å²) in [6.45, 7) is 0. The Morgan fingerprint density at radius 3 is 1.22 bits per heavy atom. The Balaban J connectivity index is 1.75. The van der Waals surface area contributed by atoms with E-state index in [1.807, 2.05) is 72.8 Å². The molecule has 2 nitrogen and oxygen atoms in total. The van der Waals surface area contributed by atoms with Gasteiger partial charge in [-0.25, -0.2) is 0 Å². The Morgan fingerprint density at radius 1 is 0.407 bits per heavy atom. The van der Waals surface area contributed by atoms with Gasteiger partial charge in [0.25, 0.3) is 0 Å². The second-order valence-electron chi connectivity index (χ2n) is 6.54. The molecular formula is C25H18O2. The Bertz CT molecular complexity index is 982. The van der Waals surface area contributed by atoms with E-state index < -0.39 is 5.79 Å². The molecule has 0 heterocycles. The van der Waals surface area contributed by atoms with Crippen LogP contribution in [0, 0.1) is 0 Å². The van der Waals surface area contributed by atoms with Crippen molar-refractivity contribution in [3.63, 3.8) is 0 Å². The molecule has 0 aromatic heterocycles. The molecule has 0 aliphatic heterocycles. The highest BCUT2D eigenvalue weighted by atomic mass is 16.7. The number of para-hydroxylation sites is 2. The van der Waals surface area contributed by atoms with E-state index in [2.05, 4.69) is 36.4 Å². The lowest BCUT2D eigenvalue weighted by Crippen LogP contribution is -2.39. The first-order chi connectivity index (χ1) is 13.4.